The quantitative estimate of drug-likeness (QED) is 0.816. The maximum atomic E-state index is 6.17. The highest BCUT2D eigenvalue weighted by Crippen LogP contribution is 2.32. The standard InChI is InChI=1S/C17H19BrClNO/c1-10-5-12(6-11(2)17(10)21-4)16(20-3)13-7-14(18)9-15(19)8-13/h5-9,16,20H,1-4H3. The van der Waals surface area contributed by atoms with E-state index >= 15 is 0 Å². The molecule has 0 spiro atoms. The SMILES string of the molecule is CNC(c1cc(Cl)cc(Br)c1)c1cc(C)c(OC)c(C)c1. The van der Waals surface area contributed by atoms with E-state index in [1.807, 2.05) is 19.2 Å². The van der Waals surface area contributed by atoms with Crippen LogP contribution in [0.4, 0.5) is 0 Å². The predicted octanol–water partition coefficient (Wildman–Crippen LogP) is 5.04. The molecule has 2 nitrogen and oxygen atoms in total. The molecule has 1 atom stereocenters. The summed E-state index contributed by atoms with van der Waals surface area (Å²) < 4.78 is 6.42. The van der Waals surface area contributed by atoms with Crippen molar-refractivity contribution in [3.63, 3.8) is 0 Å². The van der Waals surface area contributed by atoms with Gasteiger partial charge >= 0.3 is 0 Å². The summed E-state index contributed by atoms with van der Waals surface area (Å²) in [6.45, 7) is 4.13. The largest absolute Gasteiger partial charge is 0.496 e. The molecule has 0 bridgehead atoms. The van der Waals surface area contributed by atoms with Crippen molar-refractivity contribution in [3.8, 4) is 5.75 Å². The summed E-state index contributed by atoms with van der Waals surface area (Å²) in [7, 11) is 3.66. The third-order valence-electron chi connectivity index (χ3n) is 3.53. The first-order chi connectivity index (χ1) is 9.96. The van der Waals surface area contributed by atoms with E-state index in [1.165, 1.54) is 5.56 Å². The lowest BCUT2D eigenvalue weighted by Crippen LogP contribution is -2.18. The average molecular weight is 369 g/mol. The van der Waals surface area contributed by atoms with Gasteiger partial charge in [-0.3, -0.25) is 0 Å². The first-order valence-electron chi connectivity index (χ1n) is 6.74. The molecule has 0 aliphatic rings. The zero-order valence-corrected chi connectivity index (χ0v) is 15.0. The zero-order chi connectivity index (χ0) is 15.6. The van der Waals surface area contributed by atoms with Gasteiger partial charge in [-0.15, -0.1) is 0 Å². The second kappa shape index (κ2) is 6.82. The smallest absolute Gasteiger partial charge is 0.124 e. The van der Waals surface area contributed by atoms with Crippen LogP contribution in [0.2, 0.25) is 5.02 Å². The minimum absolute atomic E-state index is 0.0864. The minimum Gasteiger partial charge on any atom is -0.496 e. The van der Waals surface area contributed by atoms with Crippen LogP contribution in [0.25, 0.3) is 0 Å². The molecule has 1 N–H and O–H groups in total. The van der Waals surface area contributed by atoms with Crippen LogP contribution in [0, 0.1) is 13.8 Å². The van der Waals surface area contributed by atoms with E-state index in [4.69, 9.17) is 16.3 Å². The van der Waals surface area contributed by atoms with Crippen LogP contribution in [-0.2, 0) is 0 Å². The highest BCUT2D eigenvalue weighted by Gasteiger charge is 2.16. The van der Waals surface area contributed by atoms with Crippen molar-refractivity contribution in [1.82, 2.24) is 5.32 Å². The van der Waals surface area contributed by atoms with Gasteiger partial charge in [0.15, 0.2) is 0 Å². The molecule has 4 heteroatoms. The zero-order valence-electron chi connectivity index (χ0n) is 12.6. The molecule has 0 heterocycles. The molecule has 0 saturated heterocycles. The summed E-state index contributed by atoms with van der Waals surface area (Å²) in [6, 6.07) is 10.4. The maximum absolute atomic E-state index is 6.17. The lowest BCUT2D eigenvalue weighted by atomic mass is 9.95. The summed E-state index contributed by atoms with van der Waals surface area (Å²) in [6.07, 6.45) is 0. The van der Waals surface area contributed by atoms with Crippen molar-refractivity contribution >= 4 is 27.5 Å². The topological polar surface area (TPSA) is 21.3 Å². The molecule has 112 valence electrons. The number of rotatable bonds is 4. The Balaban J connectivity index is 2.51. The van der Waals surface area contributed by atoms with Gasteiger partial charge in [0.2, 0.25) is 0 Å². The number of halogens is 2. The first-order valence-corrected chi connectivity index (χ1v) is 7.91. The lowest BCUT2D eigenvalue weighted by molar-refractivity contribution is 0.408. The van der Waals surface area contributed by atoms with Crippen LogP contribution < -0.4 is 10.1 Å². The number of hydrogen-bond donors (Lipinski definition) is 1. The van der Waals surface area contributed by atoms with Gasteiger partial charge in [0, 0.05) is 9.50 Å². The fourth-order valence-corrected chi connectivity index (χ4v) is 3.63. The molecule has 0 aliphatic heterocycles. The Bertz CT molecular complexity index is 614. The lowest BCUT2D eigenvalue weighted by Gasteiger charge is -2.20. The summed E-state index contributed by atoms with van der Waals surface area (Å²) in [5, 5.41) is 4.08. The van der Waals surface area contributed by atoms with E-state index in [-0.39, 0.29) is 6.04 Å². The van der Waals surface area contributed by atoms with Gasteiger partial charge in [0.05, 0.1) is 13.2 Å². The third-order valence-corrected chi connectivity index (χ3v) is 4.20. The molecule has 2 rings (SSSR count). The summed E-state index contributed by atoms with van der Waals surface area (Å²) in [5.74, 6) is 0.945. The molecular weight excluding hydrogens is 350 g/mol. The highest BCUT2D eigenvalue weighted by atomic mass is 79.9. The van der Waals surface area contributed by atoms with Crippen LogP contribution in [-0.4, -0.2) is 14.2 Å². The molecule has 0 saturated carbocycles. The number of hydrogen-bond acceptors (Lipinski definition) is 2. The van der Waals surface area contributed by atoms with Crippen LogP contribution in [0.5, 0.6) is 5.75 Å². The molecule has 0 radical (unpaired) electrons. The van der Waals surface area contributed by atoms with E-state index < -0.39 is 0 Å². The van der Waals surface area contributed by atoms with Gasteiger partial charge in [0.25, 0.3) is 0 Å². The van der Waals surface area contributed by atoms with Crippen LogP contribution in [0.1, 0.15) is 28.3 Å². The summed E-state index contributed by atoms with van der Waals surface area (Å²) in [4.78, 5) is 0. The van der Waals surface area contributed by atoms with Gasteiger partial charge in [-0.1, -0.05) is 39.7 Å². The molecular formula is C17H19BrClNO. The van der Waals surface area contributed by atoms with E-state index in [1.54, 1.807) is 7.11 Å². The fourth-order valence-electron chi connectivity index (χ4n) is 2.74. The summed E-state index contributed by atoms with van der Waals surface area (Å²) >= 11 is 9.67. The highest BCUT2D eigenvalue weighted by molar-refractivity contribution is 9.10. The molecule has 0 amide bonds. The normalized spacial score (nSPS) is 12.3. The molecule has 0 aliphatic carbocycles. The fraction of sp³-hybridized carbons (Fsp3) is 0.294. The van der Waals surface area contributed by atoms with Crippen molar-refractivity contribution < 1.29 is 4.74 Å². The van der Waals surface area contributed by atoms with E-state index in [0.29, 0.717) is 0 Å². The number of benzene rings is 2. The second-order valence-electron chi connectivity index (χ2n) is 5.11. The molecule has 2 aromatic rings. The molecule has 21 heavy (non-hydrogen) atoms. The van der Waals surface area contributed by atoms with Gasteiger partial charge in [-0.2, -0.15) is 0 Å². The van der Waals surface area contributed by atoms with Crippen molar-refractivity contribution in [3.05, 3.63) is 62.1 Å². The van der Waals surface area contributed by atoms with Crippen molar-refractivity contribution in [2.75, 3.05) is 14.2 Å². The molecule has 0 aromatic heterocycles. The number of aryl methyl sites for hydroxylation is 2. The van der Waals surface area contributed by atoms with Gasteiger partial charge in [-0.05, 0) is 61.3 Å². The van der Waals surface area contributed by atoms with Gasteiger partial charge < -0.3 is 10.1 Å². The van der Waals surface area contributed by atoms with E-state index in [0.717, 1.165) is 31.9 Å². The van der Waals surface area contributed by atoms with Crippen molar-refractivity contribution in [2.45, 2.75) is 19.9 Å². The Hall–Kier alpha value is -1.03. The number of methoxy groups -OCH3 is 1. The summed E-state index contributed by atoms with van der Waals surface area (Å²) in [5.41, 5.74) is 4.59. The predicted molar refractivity (Wildman–Crippen MR) is 92.5 cm³/mol. The molecule has 0 fully saturated rings. The molecule has 2 aromatic carbocycles. The Morgan fingerprint density at radius 1 is 1.05 bits per heavy atom. The Kier molecular flexibility index (Phi) is 5.31. The number of nitrogens with one attached hydrogen (secondary N) is 1. The average Bonchev–Trinajstić information content (AvgIpc) is 2.38. The van der Waals surface area contributed by atoms with Crippen LogP contribution in [0.3, 0.4) is 0 Å². The monoisotopic (exact) mass is 367 g/mol. The Labute approximate surface area is 139 Å². The Morgan fingerprint density at radius 2 is 1.62 bits per heavy atom. The second-order valence-corrected chi connectivity index (χ2v) is 6.46. The number of ether oxygens (including phenoxy) is 1. The van der Waals surface area contributed by atoms with Crippen LogP contribution >= 0.6 is 27.5 Å². The minimum atomic E-state index is 0.0864. The van der Waals surface area contributed by atoms with Crippen molar-refractivity contribution in [1.29, 1.82) is 0 Å². The van der Waals surface area contributed by atoms with E-state index in [9.17, 15) is 0 Å². The van der Waals surface area contributed by atoms with E-state index in [2.05, 4.69) is 53.3 Å². The van der Waals surface area contributed by atoms with Crippen LogP contribution in [0.15, 0.2) is 34.8 Å². The van der Waals surface area contributed by atoms with Crippen molar-refractivity contribution in [2.24, 2.45) is 0 Å². The van der Waals surface area contributed by atoms with Gasteiger partial charge in [0.1, 0.15) is 5.75 Å². The van der Waals surface area contributed by atoms with Gasteiger partial charge in [-0.25, -0.2) is 0 Å². The maximum Gasteiger partial charge on any atom is 0.124 e. The molecule has 1 unspecified atom stereocenters. The first kappa shape index (κ1) is 16.3. The Morgan fingerprint density at radius 3 is 2.10 bits per heavy atom. The third kappa shape index (κ3) is 3.60.